The van der Waals surface area contributed by atoms with Crippen molar-refractivity contribution in [1.29, 1.82) is 0 Å². The maximum absolute atomic E-state index is 12.3. The lowest BCUT2D eigenvalue weighted by Crippen LogP contribution is -2.34. The molecule has 142 valence electrons. The highest BCUT2D eigenvalue weighted by Gasteiger charge is 2.29. The molecular formula is C16H23F3N2O3S. The summed E-state index contributed by atoms with van der Waals surface area (Å²) in [6.07, 6.45) is -4.80. The predicted molar refractivity (Wildman–Crippen MR) is 88.8 cm³/mol. The molecule has 0 heterocycles. The van der Waals surface area contributed by atoms with Crippen molar-refractivity contribution in [2.24, 2.45) is 0 Å². The van der Waals surface area contributed by atoms with Crippen LogP contribution in [0, 0.1) is 0 Å². The Bertz CT molecular complexity index is 673. The van der Waals surface area contributed by atoms with E-state index < -0.39 is 35.1 Å². The number of rotatable bonds is 8. The van der Waals surface area contributed by atoms with E-state index in [9.17, 15) is 26.4 Å². The Morgan fingerprint density at radius 1 is 1.20 bits per heavy atom. The van der Waals surface area contributed by atoms with Gasteiger partial charge in [0.1, 0.15) is 0 Å². The van der Waals surface area contributed by atoms with Crippen LogP contribution in [-0.2, 0) is 10.0 Å². The minimum absolute atomic E-state index is 0.00249. The van der Waals surface area contributed by atoms with Crippen molar-refractivity contribution in [3.05, 3.63) is 29.8 Å². The van der Waals surface area contributed by atoms with Gasteiger partial charge in [-0.15, -0.1) is 0 Å². The Kier molecular flexibility index (Phi) is 7.43. The van der Waals surface area contributed by atoms with E-state index in [1.165, 1.54) is 24.3 Å². The fourth-order valence-corrected chi connectivity index (χ4v) is 3.37. The monoisotopic (exact) mass is 380 g/mol. The maximum atomic E-state index is 12.3. The van der Waals surface area contributed by atoms with Crippen LogP contribution in [0.15, 0.2) is 29.2 Å². The molecule has 1 N–H and O–H groups in total. The first-order valence-electron chi connectivity index (χ1n) is 7.98. The zero-order valence-electron chi connectivity index (χ0n) is 14.4. The molecule has 0 bridgehead atoms. The van der Waals surface area contributed by atoms with Gasteiger partial charge in [0, 0.05) is 24.7 Å². The van der Waals surface area contributed by atoms with Gasteiger partial charge in [-0.25, -0.2) is 13.1 Å². The molecule has 1 amide bonds. The summed E-state index contributed by atoms with van der Waals surface area (Å²) in [4.78, 5) is 13.4. The number of alkyl halides is 3. The topological polar surface area (TPSA) is 66.5 Å². The van der Waals surface area contributed by atoms with Gasteiger partial charge in [-0.05, 0) is 44.5 Å². The number of nitrogens with zero attached hydrogens (tertiary/aromatic N) is 1. The number of amides is 1. The molecule has 1 rings (SSSR count). The van der Waals surface area contributed by atoms with Gasteiger partial charge in [0.05, 0.1) is 11.3 Å². The third-order valence-corrected chi connectivity index (χ3v) is 5.32. The van der Waals surface area contributed by atoms with E-state index in [0.717, 1.165) is 4.90 Å². The van der Waals surface area contributed by atoms with Gasteiger partial charge < -0.3 is 4.90 Å². The van der Waals surface area contributed by atoms with Crippen LogP contribution in [0.25, 0.3) is 0 Å². The smallest absolute Gasteiger partial charge is 0.339 e. The highest BCUT2D eigenvalue weighted by molar-refractivity contribution is 7.89. The summed E-state index contributed by atoms with van der Waals surface area (Å²) >= 11 is 0. The van der Waals surface area contributed by atoms with E-state index >= 15 is 0 Å². The summed E-state index contributed by atoms with van der Waals surface area (Å²) in [6, 6.07) is 4.93. The normalized spacial score (nSPS) is 13.5. The third-order valence-electron chi connectivity index (χ3n) is 3.71. The average Bonchev–Trinajstić information content (AvgIpc) is 2.53. The van der Waals surface area contributed by atoms with Gasteiger partial charge in [-0.1, -0.05) is 6.92 Å². The molecule has 1 unspecified atom stereocenters. The summed E-state index contributed by atoms with van der Waals surface area (Å²) in [5.74, 6) is -0.564. The SMILES string of the molecule is CCC(C)NS(=O)(=O)c1ccc(C(=O)N(CC)CCC(F)(F)F)cc1. The fourth-order valence-electron chi connectivity index (χ4n) is 2.04. The number of halogens is 3. The first-order chi connectivity index (χ1) is 11.5. The molecular weight excluding hydrogens is 357 g/mol. The van der Waals surface area contributed by atoms with Crippen molar-refractivity contribution in [3.8, 4) is 0 Å². The highest BCUT2D eigenvalue weighted by atomic mass is 32.2. The molecule has 1 aromatic rings. The molecule has 1 aromatic carbocycles. The number of nitrogens with one attached hydrogen (secondary N) is 1. The van der Waals surface area contributed by atoms with Gasteiger partial charge in [0.25, 0.3) is 5.91 Å². The Labute approximate surface area is 146 Å². The van der Waals surface area contributed by atoms with Crippen molar-refractivity contribution < 1.29 is 26.4 Å². The van der Waals surface area contributed by atoms with Crippen LogP contribution in [-0.4, -0.2) is 44.5 Å². The van der Waals surface area contributed by atoms with E-state index in [4.69, 9.17) is 0 Å². The molecule has 0 aliphatic rings. The van der Waals surface area contributed by atoms with Crippen molar-refractivity contribution in [2.75, 3.05) is 13.1 Å². The number of hydrogen-bond acceptors (Lipinski definition) is 3. The van der Waals surface area contributed by atoms with E-state index in [-0.39, 0.29) is 23.0 Å². The second-order valence-corrected chi connectivity index (χ2v) is 7.42. The highest BCUT2D eigenvalue weighted by Crippen LogP contribution is 2.20. The quantitative estimate of drug-likeness (QED) is 0.753. The van der Waals surface area contributed by atoms with Gasteiger partial charge in [-0.3, -0.25) is 4.79 Å². The summed E-state index contributed by atoms with van der Waals surface area (Å²) < 4.78 is 63.8. The largest absolute Gasteiger partial charge is 0.390 e. The van der Waals surface area contributed by atoms with E-state index in [1.54, 1.807) is 13.8 Å². The molecule has 9 heteroatoms. The van der Waals surface area contributed by atoms with Gasteiger partial charge in [-0.2, -0.15) is 13.2 Å². The van der Waals surface area contributed by atoms with Crippen LogP contribution in [0.3, 0.4) is 0 Å². The van der Waals surface area contributed by atoms with Crippen LogP contribution in [0.1, 0.15) is 44.0 Å². The number of carbonyl (C=O) groups excluding carboxylic acids is 1. The Balaban J connectivity index is 2.88. The Morgan fingerprint density at radius 2 is 1.76 bits per heavy atom. The molecule has 5 nitrogen and oxygen atoms in total. The van der Waals surface area contributed by atoms with E-state index in [0.29, 0.717) is 6.42 Å². The van der Waals surface area contributed by atoms with Crippen LogP contribution in [0.5, 0.6) is 0 Å². The van der Waals surface area contributed by atoms with Crippen LogP contribution >= 0.6 is 0 Å². The zero-order chi connectivity index (χ0) is 19.3. The standard InChI is InChI=1S/C16H23F3N2O3S/c1-4-12(3)20-25(23,24)14-8-6-13(7-9-14)15(22)21(5-2)11-10-16(17,18)19/h6-9,12,20H,4-5,10-11H2,1-3H3. The number of hydrogen-bond donors (Lipinski definition) is 1. The first kappa shape index (κ1) is 21.4. The first-order valence-corrected chi connectivity index (χ1v) is 9.47. The fraction of sp³-hybridized carbons (Fsp3) is 0.562. The van der Waals surface area contributed by atoms with Gasteiger partial charge in [0.15, 0.2) is 0 Å². The van der Waals surface area contributed by atoms with Crippen molar-refractivity contribution in [3.63, 3.8) is 0 Å². The minimum atomic E-state index is -4.34. The molecule has 25 heavy (non-hydrogen) atoms. The lowest BCUT2D eigenvalue weighted by molar-refractivity contribution is -0.136. The lowest BCUT2D eigenvalue weighted by atomic mass is 10.2. The molecule has 0 saturated heterocycles. The Hall–Kier alpha value is -1.61. The molecule has 0 saturated carbocycles. The van der Waals surface area contributed by atoms with Crippen LogP contribution in [0.2, 0.25) is 0 Å². The average molecular weight is 380 g/mol. The van der Waals surface area contributed by atoms with Crippen molar-refractivity contribution in [1.82, 2.24) is 9.62 Å². The molecule has 1 atom stereocenters. The van der Waals surface area contributed by atoms with Gasteiger partial charge >= 0.3 is 6.18 Å². The van der Waals surface area contributed by atoms with Gasteiger partial charge in [0.2, 0.25) is 10.0 Å². The lowest BCUT2D eigenvalue weighted by Gasteiger charge is -2.21. The van der Waals surface area contributed by atoms with E-state index in [2.05, 4.69) is 4.72 Å². The summed E-state index contributed by atoms with van der Waals surface area (Å²) in [6.45, 7) is 4.85. The van der Waals surface area contributed by atoms with Crippen molar-refractivity contribution >= 4 is 15.9 Å². The number of carbonyl (C=O) groups is 1. The molecule has 0 aliphatic carbocycles. The Morgan fingerprint density at radius 3 is 2.20 bits per heavy atom. The number of benzene rings is 1. The van der Waals surface area contributed by atoms with Crippen LogP contribution < -0.4 is 4.72 Å². The second kappa shape index (κ2) is 8.66. The van der Waals surface area contributed by atoms with E-state index in [1.807, 2.05) is 6.92 Å². The second-order valence-electron chi connectivity index (χ2n) is 5.70. The predicted octanol–water partition coefficient (Wildman–Crippen LogP) is 3.18. The van der Waals surface area contributed by atoms with Crippen LogP contribution in [0.4, 0.5) is 13.2 Å². The molecule has 0 aromatic heterocycles. The summed E-state index contributed by atoms with van der Waals surface area (Å²) in [5, 5.41) is 0. The zero-order valence-corrected chi connectivity index (χ0v) is 15.2. The molecule has 0 spiro atoms. The van der Waals surface area contributed by atoms with Crippen molar-refractivity contribution in [2.45, 2.75) is 50.7 Å². The number of sulfonamides is 1. The minimum Gasteiger partial charge on any atom is -0.339 e. The third kappa shape index (κ3) is 6.66. The summed E-state index contributed by atoms with van der Waals surface area (Å²) in [5.41, 5.74) is 0.145. The maximum Gasteiger partial charge on any atom is 0.390 e. The molecule has 0 radical (unpaired) electrons. The molecule has 0 aliphatic heterocycles. The summed E-state index contributed by atoms with van der Waals surface area (Å²) in [7, 11) is -3.69. The molecule has 0 fully saturated rings.